The van der Waals surface area contributed by atoms with Crippen LogP contribution in [-0.4, -0.2) is 53.5 Å². The Labute approximate surface area is 161 Å². The molecule has 0 atom stereocenters. The molecular formula is C23H30NO3+. The molecule has 144 valence electrons. The largest absolute Gasteiger partial charge is 0.496 e. The Morgan fingerprint density at radius 3 is 2.07 bits per heavy atom. The van der Waals surface area contributed by atoms with Crippen molar-refractivity contribution in [3.63, 3.8) is 0 Å². The second-order valence-electron chi connectivity index (χ2n) is 8.07. The lowest BCUT2D eigenvalue weighted by Gasteiger charge is -2.24. The molecule has 4 heteroatoms. The summed E-state index contributed by atoms with van der Waals surface area (Å²) in [6, 6.07) is 10.7. The molecule has 0 saturated carbocycles. The normalized spacial score (nSPS) is 11.8. The van der Waals surface area contributed by atoms with E-state index in [1.165, 1.54) is 10.9 Å². The highest BCUT2D eigenvalue weighted by molar-refractivity contribution is 6.13. The third kappa shape index (κ3) is 3.67. The van der Waals surface area contributed by atoms with Crippen LogP contribution in [0.25, 0.3) is 21.5 Å². The van der Waals surface area contributed by atoms with Crippen molar-refractivity contribution in [2.45, 2.75) is 13.3 Å². The van der Waals surface area contributed by atoms with Crippen molar-refractivity contribution in [3.05, 3.63) is 41.5 Å². The van der Waals surface area contributed by atoms with Crippen molar-refractivity contribution < 1.29 is 18.7 Å². The number of aryl methyl sites for hydroxylation is 1. The van der Waals surface area contributed by atoms with Gasteiger partial charge in [-0.05, 0) is 46.3 Å². The summed E-state index contributed by atoms with van der Waals surface area (Å²) in [6.07, 6.45) is 1.02. The average Bonchev–Trinajstić information content (AvgIpc) is 2.64. The fraction of sp³-hybridized carbons (Fsp3) is 0.391. The molecule has 0 unspecified atom stereocenters. The standard InChI is InChI=1S/C23H30NO3/c1-15-12-17(10-11-24(2,3)4)18-9-8-16-13-20(25-5)21(26-6)14-19(16)22(18)23(15)27-7/h8-9,12-14H,10-11H2,1-7H3/q+1. The van der Waals surface area contributed by atoms with E-state index < -0.39 is 0 Å². The Balaban J connectivity index is 2.34. The first kappa shape index (κ1) is 19.3. The van der Waals surface area contributed by atoms with Gasteiger partial charge in [0.1, 0.15) is 5.75 Å². The number of hydrogen-bond donors (Lipinski definition) is 0. The quantitative estimate of drug-likeness (QED) is 0.471. The van der Waals surface area contributed by atoms with Gasteiger partial charge in [0.25, 0.3) is 0 Å². The van der Waals surface area contributed by atoms with Gasteiger partial charge in [-0.1, -0.05) is 18.2 Å². The Kier molecular flexibility index (Phi) is 5.20. The van der Waals surface area contributed by atoms with Crippen molar-refractivity contribution in [1.29, 1.82) is 0 Å². The molecule has 0 aliphatic carbocycles. The molecule has 0 bridgehead atoms. The van der Waals surface area contributed by atoms with Gasteiger partial charge in [-0.3, -0.25) is 0 Å². The van der Waals surface area contributed by atoms with Crippen LogP contribution in [0.3, 0.4) is 0 Å². The molecule has 4 nitrogen and oxygen atoms in total. The average molecular weight is 368 g/mol. The maximum Gasteiger partial charge on any atom is 0.161 e. The molecule has 0 radical (unpaired) electrons. The summed E-state index contributed by atoms with van der Waals surface area (Å²) in [5.41, 5.74) is 2.51. The van der Waals surface area contributed by atoms with Gasteiger partial charge in [-0.2, -0.15) is 0 Å². The molecule has 3 aromatic carbocycles. The topological polar surface area (TPSA) is 27.7 Å². The minimum absolute atomic E-state index is 0.731. The predicted octanol–water partition coefficient (Wildman–Crippen LogP) is 4.58. The lowest BCUT2D eigenvalue weighted by molar-refractivity contribution is -0.870. The lowest BCUT2D eigenvalue weighted by Crippen LogP contribution is -2.36. The number of fused-ring (bicyclic) bond motifs is 3. The first-order valence-electron chi connectivity index (χ1n) is 9.24. The van der Waals surface area contributed by atoms with Crippen LogP contribution in [0.2, 0.25) is 0 Å². The van der Waals surface area contributed by atoms with Crippen LogP contribution >= 0.6 is 0 Å². The zero-order valence-corrected chi connectivity index (χ0v) is 17.5. The number of methoxy groups -OCH3 is 3. The van der Waals surface area contributed by atoms with E-state index in [0.717, 1.165) is 56.4 Å². The van der Waals surface area contributed by atoms with E-state index in [-0.39, 0.29) is 0 Å². The lowest BCUT2D eigenvalue weighted by atomic mass is 9.93. The van der Waals surface area contributed by atoms with Gasteiger partial charge >= 0.3 is 0 Å². The van der Waals surface area contributed by atoms with Gasteiger partial charge in [-0.25, -0.2) is 0 Å². The second-order valence-corrected chi connectivity index (χ2v) is 8.07. The molecule has 0 N–H and O–H groups in total. The van der Waals surface area contributed by atoms with E-state index in [0.29, 0.717) is 0 Å². The Hall–Kier alpha value is -2.46. The molecule has 27 heavy (non-hydrogen) atoms. The first-order valence-corrected chi connectivity index (χ1v) is 9.24. The summed E-state index contributed by atoms with van der Waals surface area (Å²) in [6.45, 7) is 3.19. The number of benzene rings is 3. The van der Waals surface area contributed by atoms with E-state index in [9.17, 15) is 0 Å². The molecule has 0 heterocycles. The Morgan fingerprint density at radius 2 is 1.48 bits per heavy atom. The smallest absolute Gasteiger partial charge is 0.161 e. The molecule has 0 aromatic heterocycles. The molecule has 0 spiro atoms. The second kappa shape index (κ2) is 7.28. The number of nitrogens with zero attached hydrogens (tertiary/aromatic N) is 1. The minimum Gasteiger partial charge on any atom is -0.496 e. The highest BCUT2D eigenvalue weighted by Crippen LogP contribution is 2.41. The van der Waals surface area contributed by atoms with Crippen molar-refractivity contribution in [2.24, 2.45) is 0 Å². The summed E-state index contributed by atoms with van der Waals surface area (Å²) < 4.78 is 17.8. The maximum atomic E-state index is 5.82. The number of rotatable bonds is 6. The molecule has 3 aromatic rings. The van der Waals surface area contributed by atoms with Gasteiger partial charge < -0.3 is 18.7 Å². The summed E-state index contributed by atoms with van der Waals surface area (Å²) in [7, 11) is 11.8. The van der Waals surface area contributed by atoms with Crippen molar-refractivity contribution in [3.8, 4) is 17.2 Å². The molecule has 0 aliphatic rings. The van der Waals surface area contributed by atoms with Gasteiger partial charge in [0.15, 0.2) is 11.5 Å². The molecule has 0 fully saturated rings. The molecule has 3 rings (SSSR count). The molecule has 0 saturated heterocycles. The zero-order chi connectivity index (χ0) is 19.8. The van der Waals surface area contributed by atoms with Crippen LogP contribution in [-0.2, 0) is 6.42 Å². The summed E-state index contributed by atoms with van der Waals surface area (Å²) in [5.74, 6) is 2.40. The number of ether oxygens (including phenoxy) is 3. The van der Waals surface area contributed by atoms with E-state index in [4.69, 9.17) is 14.2 Å². The number of likely N-dealkylation sites (N-methyl/N-ethyl adjacent to an activating group) is 1. The summed E-state index contributed by atoms with van der Waals surface area (Å²) in [5, 5.41) is 4.62. The number of quaternary nitrogens is 1. The third-order valence-corrected chi connectivity index (χ3v) is 5.10. The fourth-order valence-corrected chi connectivity index (χ4v) is 3.69. The maximum absolute atomic E-state index is 5.82. The van der Waals surface area contributed by atoms with Crippen LogP contribution < -0.4 is 14.2 Å². The van der Waals surface area contributed by atoms with Gasteiger partial charge in [0.2, 0.25) is 0 Å². The van der Waals surface area contributed by atoms with Crippen LogP contribution in [0.1, 0.15) is 11.1 Å². The van der Waals surface area contributed by atoms with Gasteiger partial charge in [-0.15, -0.1) is 0 Å². The third-order valence-electron chi connectivity index (χ3n) is 5.10. The molecule has 0 amide bonds. The van der Waals surface area contributed by atoms with Crippen LogP contribution in [0.15, 0.2) is 30.3 Å². The summed E-state index contributed by atoms with van der Waals surface area (Å²) in [4.78, 5) is 0. The van der Waals surface area contributed by atoms with E-state index in [1.807, 2.05) is 6.07 Å². The van der Waals surface area contributed by atoms with Gasteiger partial charge in [0.05, 0.1) is 49.0 Å². The van der Waals surface area contributed by atoms with Crippen molar-refractivity contribution in [2.75, 3.05) is 49.0 Å². The minimum atomic E-state index is 0.731. The highest BCUT2D eigenvalue weighted by atomic mass is 16.5. The summed E-state index contributed by atoms with van der Waals surface area (Å²) >= 11 is 0. The molecule has 0 aliphatic heterocycles. The molecular weight excluding hydrogens is 338 g/mol. The van der Waals surface area contributed by atoms with E-state index in [2.05, 4.69) is 52.3 Å². The van der Waals surface area contributed by atoms with E-state index in [1.54, 1.807) is 21.3 Å². The van der Waals surface area contributed by atoms with Crippen LogP contribution in [0.4, 0.5) is 0 Å². The van der Waals surface area contributed by atoms with Gasteiger partial charge in [0, 0.05) is 11.8 Å². The fourth-order valence-electron chi connectivity index (χ4n) is 3.69. The Bertz CT molecular complexity index is 987. The SMILES string of the molecule is COc1cc2ccc3c(CC[N+](C)(C)C)cc(C)c(OC)c3c2cc1OC. The first-order chi connectivity index (χ1) is 12.8. The Morgan fingerprint density at radius 1 is 0.815 bits per heavy atom. The van der Waals surface area contributed by atoms with E-state index >= 15 is 0 Å². The predicted molar refractivity (Wildman–Crippen MR) is 112 cm³/mol. The van der Waals surface area contributed by atoms with Crippen LogP contribution in [0, 0.1) is 6.92 Å². The number of hydrogen-bond acceptors (Lipinski definition) is 3. The zero-order valence-electron chi connectivity index (χ0n) is 17.5. The monoisotopic (exact) mass is 368 g/mol. The van der Waals surface area contributed by atoms with Crippen molar-refractivity contribution in [1.82, 2.24) is 0 Å². The highest BCUT2D eigenvalue weighted by Gasteiger charge is 2.17. The van der Waals surface area contributed by atoms with Crippen LogP contribution in [0.5, 0.6) is 17.2 Å². The van der Waals surface area contributed by atoms with Crippen molar-refractivity contribution >= 4 is 21.5 Å².